The third-order valence-electron chi connectivity index (χ3n) is 3.63. The summed E-state index contributed by atoms with van der Waals surface area (Å²) < 4.78 is 0. The van der Waals surface area contributed by atoms with Crippen molar-refractivity contribution in [1.29, 1.82) is 0 Å². The fourth-order valence-corrected chi connectivity index (χ4v) is 2.60. The summed E-state index contributed by atoms with van der Waals surface area (Å²) in [6.07, 6.45) is 2.80. The van der Waals surface area contributed by atoms with Crippen LogP contribution < -0.4 is 4.90 Å². The van der Waals surface area contributed by atoms with Gasteiger partial charge in [-0.1, -0.05) is 42.5 Å². The molecule has 114 valence electrons. The number of likely N-dealkylation sites (N-methyl/N-ethyl adjacent to an activating group) is 1. The van der Waals surface area contributed by atoms with Gasteiger partial charge in [0.05, 0.1) is 0 Å². The van der Waals surface area contributed by atoms with Crippen LogP contribution in [0.4, 0.5) is 11.4 Å². The van der Waals surface area contributed by atoms with Crippen molar-refractivity contribution < 1.29 is 4.79 Å². The SMILES string of the molecule is CN(C)C(=O)C1=CCc2ccccc2N1c1ccccc1.Cl. The summed E-state index contributed by atoms with van der Waals surface area (Å²) >= 11 is 0. The average molecular weight is 315 g/mol. The Labute approximate surface area is 137 Å². The van der Waals surface area contributed by atoms with Crippen LogP contribution in [0.1, 0.15) is 5.56 Å². The number of halogens is 1. The zero-order valence-electron chi connectivity index (χ0n) is 12.7. The molecule has 2 aromatic rings. The van der Waals surface area contributed by atoms with Crippen molar-refractivity contribution in [3.8, 4) is 0 Å². The van der Waals surface area contributed by atoms with E-state index in [4.69, 9.17) is 0 Å². The van der Waals surface area contributed by atoms with Gasteiger partial charge in [0.1, 0.15) is 5.70 Å². The van der Waals surface area contributed by atoms with Crippen LogP contribution in [0.15, 0.2) is 66.4 Å². The molecule has 0 fully saturated rings. The van der Waals surface area contributed by atoms with Crippen LogP contribution in [0.5, 0.6) is 0 Å². The number of hydrogen-bond acceptors (Lipinski definition) is 2. The number of carbonyl (C=O) groups excluding carboxylic acids is 1. The molecule has 4 heteroatoms. The lowest BCUT2D eigenvalue weighted by atomic mass is 10.0. The van der Waals surface area contributed by atoms with E-state index in [0.29, 0.717) is 5.70 Å². The summed E-state index contributed by atoms with van der Waals surface area (Å²) in [4.78, 5) is 16.2. The van der Waals surface area contributed by atoms with Gasteiger partial charge in [-0.15, -0.1) is 12.4 Å². The minimum absolute atomic E-state index is 0. The van der Waals surface area contributed by atoms with E-state index in [-0.39, 0.29) is 18.3 Å². The van der Waals surface area contributed by atoms with Crippen molar-refractivity contribution in [2.24, 2.45) is 0 Å². The number of fused-ring (bicyclic) bond motifs is 1. The molecule has 22 heavy (non-hydrogen) atoms. The summed E-state index contributed by atoms with van der Waals surface area (Å²) in [5, 5.41) is 0. The highest BCUT2D eigenvalue weighted by molar-refractivity contribution is 6.00. The molecule has 0 aromatic heterocycles. The third kappa shape index (κ3) is 2.85. The predicted octanol–water partition coefficient (Wildman–Crippen LogP) is 3.77. The van der Waals surface area contributed by atoms with Gasteiger partial charge >= 0.3 is 0 Å². The van der Waals surface area contributed by atoms with Gasteiger partial charge in [0, 0.05) is 25.5 Å². The molecule has 1 heterocycles. The summed E-state index contributed by atoms with van der Waals surface area (Å²) in [5.74, 6) is 0.0216. The van der Waals surface area contributed by atoms with Gasteiger partial charge in [0.2, 0.25) is 0 Å². The zero-order chi connectivity index (χ0) is 14.8. The second kappa shape index (κ2) is 6.67. The number of hydrogen-bond donors (Lipinski definition) is 0. The third-order valence-corrected chi connectivity index (χ3v) is 3.63. The molecule has 1 amide bonds. The quantitative estimate of drug-likeness (QED) is 0.842. The highest BCUT2D eigenvalue weighted by atomic mass is 35.5. The van der Waals surface area contributed by atoms with Crippen LogP contribution in [0.25, 0.3) is 0 Å². The van der Waals surface area contributed by atoms with Gasteiger partial charge in [-0.2, -0.15) is 0 Å². The van der Waals surface area contributed by atoms with Gasteiger partial charge in [0.25, 0.3) is 5.91 Å². The molecule has 0 radical (unpaired) electrons. The molecule has 1 aliphatic rings. The highest BCUT2D eigenvalue weighted by Gasteiger charge is 2.26. The maximum atomic E-state index is 12.5. The topological polar surface area (TPSA) is 23.6 Å². The Kier molecular flexibility index (Phi) is 4.88. The molecular weight excluding hydrogens is 296 g/mol. The molecule has 0 bridgehead atoms. The lowest BCUT2D eigenvalue weighted by Gasteiger charge is -2.33. The molecule has 0 spiro atoms. The Morgan fingerprint density at radius 2 is 1.64 bits per heavy atom. The predicted molar refractivity (Wildman–Crippen MR) is 92.8 cm³/mol. The first kappa shape index (κ1) is 16.1. The van der Waals surface area contributed by atoms with Crippen LogP contribution in [0.3, 0.4) is 0 Å². The molecule has 3 rings (SSSR count). The van der Waals surface area contributed by atoms with Crippen LogP contribution in [0, 0.1) is 0 Å². The van der Waals surface area contributed by atoms with E-state index in [1.54, 1.807) is 19.0 Å². The molecule has 0 atom stereocenters. The molecule has 0 saturated heterocycles. The lowest BCUT2D eigenvalue weighted by molar-refractivity contribution is -0.124. The van der Waals surface area contributed by atoms with Crippen molar-refractivity contribution in [2.45, 2.75) is 6.42 Å². The zero-order valence-corrected chi connectivity index (χ0v) is 13.5. The molecule has 0 saturated carbocycles. The maximum Gasteiger partial charge on any atom is 0.270 e. The number of anilines is 2. The monoisotopic (exact) mass is 314 g/mol. The van der Waals surface area contributed by atoms with Crippen molar-refractivity contribution in [1.82, 2.24) is 4.90 Å². The number of benzene rings is 2. The van der Waals surface area contributed by atoms with E-state index in [0.717, 1.165) is 17.8 Å². The smallest absolute Gasteiger partial charge is 0.270 e. The van der Waals surface area contributed by atoms with E-state index >= 15 is 0 Å². The van der Waals surface area contributed by atoms with Gasteiger partial charge < -0.3 is 9.80 Å². The second-order valence-corrected chi connectivity index (χ2v) is 5.29. The first-order valence-corrected chi connectivity index (χ1v) is 7.03. The maximum absolute atomic E-state index is 12.5. The minimum atomic E-state index is 0. The Morgan fingerprint density at radius 3 is 2.32 bits per heavy atom. The fourth-order valence-electron chi connectivity index (χ4n) is 2.60. The molecule has 2 aromatic carbocycles. The van der Waals surface area contributed by atoms with E-state index < -0.39 is 0 Å². The van der Waals surface area contributed by atoms with E-state index in [9.17, 15) is 4.79 Å². The van der Waals surface area contributed by atoms with E-state index in [1.165, 1.54) is 5.56 Å². The summed E-state index contributed by atoms with van der Waals surface area (Å²) in [5.41, 5.74) is 4.03. The summed E-state index contributed by atoms with van der Waals surface area (Å²) in [6.45, 7) is 0. The number of amides is 1. The van der Waals surface area contributed by atoms with Crippen LogP contribution >= 0.6 is 12.4 Å². The van der Waals surface area contributed by atoms with Gasteiger partial charge in [-0.3, -0.25) is 4.79 Å². The van der Waals surface area contributed by atoms with Crippen molar-refractivity contribution in [3.63, 3.8) is 0 Å². The van der Waals surface area contributed by atoms with Crippen molar-refractivity contribution >= 4 is 29.7 Å². The Hall–Kier alpha value is -2.26. The first-order chi connectivity index (χ1) is 10.2. The number of rotatable bonds is 2. The average Bonchev–Trinajstić information content (AvgIpc) is 2.53. The summed E-state index contributed by atoms with van der Waals surface area (Å²) in [6, 6.07) is 18.2. The van der Waals surface area contributed by atoms with Crippen molar-refractivity contribution in [2.75, 3.05) is 19.0 Å². The lowest BCUT2D eigenvalue weighted by Crippen LogP contribution is -2.34. The number of para-hydroxylation sites is 2. The normalized spacial score (nSPS) is 12.8. The molecular formula is C18H19ClN2O. The van der Waals surface area contributed by atoms with Crippen LogP contribution in [-0.2, 0) is 11.2 Å². The number of carbonyl (C=O) groups is 1. The van der Waals surface area contributed by atoms with Gasteiger partial charge in [-0.25, -0.2) is 0 Å². The minimum Gasteiger partial charge on any atom is -0.343 e. The Bertz CT molecular complexity index is 695. The Balaban J connectivity index is 0.00000176. The van der Waals surface area contributed by atoms with E-state index in [1.807, 2.05) is 53.4 Å². The first-order valence-electron chi connectivity index (χ1n) is 7.03. The molecule has 0 aliphatic carbocycles. The molecule has 3 nitrogen and oxygen atoms in total. The largest absolute Gasteiger partial charge is 0.343 e. The Morgan fingerprint density at radius 1 is 1.00 bits per heavy atom. The van der Waals surface area contributed by atoms with E-state index in [2.05, 4.69) is 12.1 Å². The van der Waals surface area contributed by atoms with Gasteiger partial charge in [-0.05, 0) is 30.2 Å². The number of nitrogens with zero attached hydrogens (tertiary/aromatic N) is 2. The van der Waals surface area contributed by atoms with Gasteiger partial charge in [0.15, 0.2) is 0 Å². The van der Waals surface area contributed by atoms with Crippen LogP contribution in [0.2, 0.25) is 0 Å². The van der Waals surface area contributed by atoms with Crippen LogP contribution in [-0.4, -0.2) is 24.9 Å². The molecule has 0 unspecified atom stereocenters. The highest BCUT2D eigenvalue weighted by Crippen LogP contribution is 2.36. The molecule has 1 aliphatic heterocycles. The fraction of sp³-hybridized carbons (Fsp3) is 0.167. The number of allylic oxidation sites excluding steroid dienone is 1. The molecule has 0 N–H and O–H groups in total. The van der Waals surface area contributed by atoms with Crippen molar-refractivity contribution in [3.05, 3.63) is 71.9 Å². The standard InChI is InChI=1S/C18H18N2O.ClH/c1-19(2)18(21)17-13-12-14-8-6-7-11-16(14)20(17)15-9-4-3-5-10-15;/h3-11,13H,12H2,1-2H3;1H. The second-order valence-electron chi connectivity index (χ2n) is 5.29. The summed E-state index contributed by atoms with van der Waals surface area (Å²) in [7, 11) is 3.57.